The van der Waals surface area contributed by atoms with E-state index in [0.29, 0.717) is 11.8 Å². The van der Waals surface area contributed by atoms with E-state index in [1.165, 1.54) is 10.4 Å². The summed E-state index contributed by atoms with van der Waals surface area (Å²) >= 11 is 7.80. The molecule has 0 aliphatic heterocycles. The largest absolute Gasteiger partial charge is 0.250 e. The summed E-state index contributed by atoms with van der Waals surface area (Å²) in [5.41, 5.74) is 1.31. The van der Waals surface area contributed by atoms with E-state index in [0.717, 1.165) is 11.4 Å². The highest BCUT2D eigenvalue weighted by Gasteiger charge is 2.12. The molecule has 1 aromatic carbocycles. The van der Waals surface area contributed by atoms with Crippen molar-refractivity contribution in [2.45, 2.75) is 19.3 Å². The molecule has 0 fully saturated rings. The summed E-state index contributed by atoms with van der Waals surface area (Å²) in [5, 5.41) is 1.12. The fourth-order valence-corrected chi connectivity index (χ4v) is 2.89. The van der Waals surface area contributed by atoms with Gasteiger partial charge in [0.05, 0.1) is 5.01 Å². The number of aromatic nitrogens is 1. The van der Waals surface area contributed by atoms with Crippen molar-refractivity contribution in [3.8, 4) is 0 Å². The second kappa shape index (κ2) is 5.46. The molecule has 0 radical (unpaired) electrons. The normalized spacial score (nSPS) is 12.6. The molecule has 2 rings (SSSR count). The van der Waals surface area contributed by atoms with Gasteiger partial charge in [0.25, 0.3) is 0 Å². The summed E-state index contributed by atoms with van der Waals surface area (Å²) in [7, 11) is 0. The molecular weight excluding hydrogens is 238 g/mol. The van der Waals surface area contributed by atoms with E-state index < -0.39 is 0 Å². The Bertz CT molecular complexity index is 438. The number of halogens is 1. The minimum Gasteiger partial charge on any atom is -0.250 e. The molecule has 84 valence electrons. The molecule has 0 amide bonds. The van der Waals surface area contributed by atoms with Gasteiger partial charge in [-0.1, -0.05) is 30.3 Å². The van der Waals surface area contributed by atoms with E-state index in [-0.39, 0.29) is 0 Å². The maximum absolute atomic E-state index is 6.04. The highest BCUT2D eigenvalue weighted by molar-refractivity contribution is 7.11. The second-order valence-corrected chi connectivity index (χ2v) is 5.44. The number of alkyl halides is 1. The van der Waals surface area contributed by atoms with E-state index in [4.69, 9.17) is 11.6 Å². The topological polar surface area (TPSA) is 12.9 Å². The van der Waals surface area contributed by atoms with Crippen molar-refractivity contribution < 1.29 is 0 Å². The molecule has 0 saturated carbocycles. The number of rotatable bonds is 4. The minimum atomic E-state index is 0.391. The van der Waals surface area contributed by atoms with Crippen LogP contribution in [0.25, 0.3) is 0 Å². The molecule has 0 bridgehead atoms. The Kier molecular flexibility index (Phi) is 3.97. The molecule has 0 saturated heterocycles. The first-order valence-corrected chi connectivity index (χ1v) is 6.67. The van der Waals surface area contributed by atoms with Crippen LogP contribution in [0.2, 0.25) is 0 Å². The molecule has 16 heavy (non-hydrogen) atoms. The highest BCUT2D eigenvalue weighted by Crippen LogP contribution is 2.24. The van der Waals surface area contributed by atoms with Crippen LogP contribution < -0.4 is 0 Å². The van der Waals surface area contributed by atoms with Crippen LogP contribution in [0.3, 0.4) is 0 Å². The van der Waals surface area contributed by atoms with Crippen molar-refractivity contribution in [1.29, 1.82) is 0 Å². The van der Waals surface area contributed by atoms with E-state index in [2.05, 4.69) is 29.2 Å². The van der Waals surface area contributed by atoms with Crippen LogP contribution in [0, 0.1) is 6.92 Å². The van der Waals surface area contributed by atoms with Crippen LogP contribution in [0.1, 0.15) is 21.4 Å². The molecule has 1 atom stereocenters. The van der Waals surface area contributed by atoms with Crippen LogP contribution in [0.15, 0.2) is 36.5 Å². The van der Waals surface area contributed by atoms with Gasteiger partial charge < -0.3 is 0 Å². The molecule has 1 heterocycles. The second-order valence-electron chi connectivity index (χ2n) is 3.81. The first kappa shape index (κ1) is 11.6. The number of thiazole rings is 1. The third kappa shape index (κ3) is 2.83. The molecule has 0 N–H and O–H groups in total. The Morgan fingerprint density at radius 1 is 1.31 bits per heavy atom. The van der Waals surface area contributed by atoms with Crippen LogP contribution >= 0.6 is 22.9 Å². The van der Waals surface area contributed by atoms with Crippen LogP contribution in [0.5, 0.6) is 0 Å². The molecular formula is C13H14ClNS. The number of hydrogen-bond donors (Lipinski definition) is 0. The Hall–Kier alpha value is -0.860. The third-order valence-corrected chi connectivity index (χ3v) is 3.88. The quantitative estimate of drug-likeness (QED) is 0.748. The molecule has 0 aliphatic carbocycles. The highest BCUT2D eigenvalue weighted by atomic mass is 35.5. The first-order valence-electron chi connectivity index (χ1n) is 5.32. The summed E-state index contributed by atoms with van der Waals surface area (Å²) in [4.78, 5) is 5.59. The molecule has 1 aromatic heterocycles. The van der Waals surface area contributed by atoms with Gasteiger partial charge in [0.1, 0.15) is 0 Å². The fraction of sp³-hybridized carbons (Fsp3) is 0.308. The molecule has 3 heteroatoms. The Labute approximate surface area is 105 Å². The smallest absolute Gasteiger partial charge is 0.0896 e. The Morgan fingerprint density at radius 3 is 2.62 bits per heavy atom. The summed E-state index contributed by atoms with van der Waals surface area (Å²) in [5.74, 6) is 1.05. The first-order chi connectivity index (χ1) is 7.79. The van der Waals surface area contributed by atoms with Crippen molar-refractivity contribution in [1.82, 2.24) is 4.98 Å². The van der Waals surface area contributed by atoms with Gasteiger partial charge in [-0.15, -0.1) is 22.9 Å². The van der Waals surface area contributed by atoms with Gasteiger partial charge in [-0.05, 0) is 18.9 Å². The van der Waals surface area contributed by atoms with Gasteiger partial charge in [-0.25, -0.2) is 4.98 Å². The van der Waals surface area contributed by atoms with Gasteiger partial charge in [-0.2, -0.15) is 0 Å². The van der Waals surface area contributed by atoms with Crippen molar-refractivity contribution in [3.63, 3.8) is 0 Å². The van der Waals surface area contributed by atoms with E-state index >= 15 is 0 Å². The number of nitrogens with zero attached hydrogens (tertiary/aromatic N) is 1. The maximum atomic E-state index is 6.04. The lowest BCUT2D eigenvalue weighted by atomic mass is 9.97. The van der Waals surface area contributed by atoms with Gasteiger partial charge in [0.15, 0.2) is 0 Å². The van der Waals surface area contributed by atoms with Gasteiger partial charge in [0.2, 0.25) is 0 Å². The average Bonchev–Trinajstić information content (AvgIpc) is 2.73. The zero-order valence-corrected chi connectivity index (χ0v) is 10.8. The van der Waals surface area contributed by atoms with Crippen molar-refractivity contribution in [2.24, 2.45) is 0 Å². The maximum Gasteiger partial charge on any atom is 0.0896 e. The van der Waals surface area contributed by atoms with Gasteiger partial charge >= 0.3 is 0 Å². The predicted molar refractivity (Wildman–Crippen MR) is 70.5 cm³/mol. The fourth-order valence-electron chi connectivity index (χ4n) is 1.73. The SMILES string of the molecule is Cc1ncc(CC(CCl)c2ccccc2)s1. The van der Waals surface area contributed by atoms with Crippen LogP contribution in [-0.4, -0.2) is 10.9 Å². The predicted octanol–water partition coefficient (Wildman–Crippen LogP) is 4.02. The zero-order chi connectivity index (χ0) is 11.4. The lowest BCUT2D eigenvalue weighted by Gasteiger charge is -2.12. The van der Waals surface area contributed by atoms with Crippen molar-refractivity contribution >= 4 is 22.9 Å². The molecule has 0 aliphatic rings. The zero-order valence-electron chi connectivity index (χ0n) is 9.19. The minimum absolute atomic E-state index is 0.391. The third-order valence-electron chi connectivity index (χ3n) is 2.57. The molecule has 1 unspecified atom stereocenters. The Balaban J connectivity index is 2.12. The van der Waals surface area contributed by atoms with E-state index in [9.17, 15) is 0 Å². The summed E-state index contributed by atoms with van der Waals surface area (Å²) in [6.45, 7) is 2.03. The van der Waals surface area contributed by atoms with Crippen LogP contribution in [-0.2, 0) is 6.42 Å². The summed E-state index contributed by atoms with van der Waals surface area (Å²) < 4.78 is 0. The lowest BCUT2D eigenvalue weighted by molar-refractivity contribution is 0.775. The summed E-state index contributed by atoms with van der Waals surface area (Å²) in [6, 6.07) is 10.4. The standard InChI is InChI=1S/C13H14ClNS/c1-10-15-9-13(16-10)7-12(8-14)11-5-3-2-4-6-11/h2-6,9,12H,7-8H2,1H3. The average molecular weight is 252 g/mol. The number of benzene rings is 1. The van der Waals surface area contributed by atoms with Crippen LogP contribution in [0.4, 0.5) is 0 Å². The summed E-state index contributed by atoms with van der Waals surface area (Å²) in [6.07, 6.45) is 2.95. The van der Waals surface area contributed by atoms with Crippen molar-refractivity contribution in [2.75, 3.05) is 5.88 Å². The molecule has 1 nitrogen and oxygen atoms in total. The monoisotopic (exact) mass is 251 g/mol. The number of aryl methyl sites for hydroxylation is 1. The van der Waals surface area contributed by atoms with Gasteiger partial charge in [0, 0.05) is 22.9 Å². The molecule has 0 spiro atoms. The lowest BCUT2D eigenvalue weighted by Crippen LogP contribution is -2.03. The van der Waals surface area contributed by atoms with E-state index in [1.54, 1.807) is 11.3 Å². The van der Waals surface area contributed by atoms with Crippen molar-refractivity contribution in [3.05, 3.63) is 52.0 Å². The number of hydrogen-bond acceptors (Lipinski definition) is 2. The Morgan fingerprint density at radius 2 is 2.06 bits per heavy atom. The van der Waals surface area contributed by atoms with E-state index in [1.807, 2.05) is 19.2 Å². The van der Waals surface area contributed by atoms with Gasteiger partial charge in [-0.3, -0.25) is 0 Å². The molecule has 2 aromatic rings.